The van der Waals surface area contributed by atoms with Gasteiger partial charge in [0.1, 0.15) is 17.7 Å². The van der Waals surface area contributed by atoms with Gasteiger partial charge in [-0.2, -0.15) is 13.2 Å². The Kier molecular flexibility index (Phi) is 5.55. The highest BCUT2D eigenvalue weighted by molar-refractivity contribution is 5.74. The molecule has 9 heteroatoms. The Hall–Kier alpha value is -2.68. The van der Waals surface area contributed by atoms with Gasteiger partial charge in [-0.25, -0.2) is 13.8 Å². The van der Waals surface area contributed by atoms with E-state index in [4.69, 9.17) is 10.5 Å². The van der Waals surface area contributed by atoms with E-state index in [2.05, 4.69) is 16.9 Å². The molecule has 2 heterocycles. The van der Waals surface area contributed by atoms with E-state index in [-0.39, 0.29) is 29.4 Å². The van der Waals surface area contributed by atoms with Crippen LogP contribution in [0, 0.1) is 11.6 Å². The number of nitrogens with one attached hydrogen (secondary N) is 1. The molecule has 4 nitrogen and oxygen atoms in total. The van der Waals surface area contributed by atoms with Crippen LogP contribution in [0.3, 0.4) is 0 Å². The first-order chi connectivity index (χ1) is 13.1. The van der Waals surface area contributed by atoms with Crippen LogP contribution in [0.2, 0.25) is 0 Å². The number of nitrogens with two attached hydrogens (primary N) is 1. The van der Waals surface area contributed by atoms with Crippen molar-refractivity contribution in [2.75, 3.05) is 13.1 Å². The first-order valence-electron chi connectivity index (χ1n) is 8.52. The summed E-state index contributed by atoms with van der Waals surface area (Å²) in [5.74, 6) is -1.30. The molecule has 0 radical (unpaired) electrons. The largest absolute Gasteiger partial charge is 0.473 e. The highest BCUT2D eigenvalue weighted by atomic mass is 19.4. The monoisotopic (exact) mass is 399 g/mol. The van der Waals surface area contributed by atoms with E-state index in [1.54, 1.807) is 6.07 Å². The molecule has 0 saturated carbocycles. The molecule has 150 valence electrons. The standard InChI is InChI=1S/C19H18F5N3O/c1-10(25)17-7-15(13-4-2-11(20)6-16(13)21)14-5-3-12(28-18(14)27-17)8-26-9-19(22,23)24/h2,4,6-7,12,26H,1,3,5,8-9,25H2/t12-/m0/s1. The van der Waals surface area contributed by atoms with Gasteiger partial charge < -0.3 is 15.8 Å². The summed E-state index contributed by atoms with van der Waals surface area (Å²) < 4.78 is 70.2. The number of nitrogens with zero attached hydrogens (tertiary/aromatic N) is 1. The van der Waals surface area contributed by atoms with Crippen LogP contribution in [0.15, 0.2) is 30.8 Å². The van der Waals surface area contributed by atoms with E-state index in [1.165, 1.54) is 6.07 Å². The van der Waals surface area contributed by atoms with Crippen LogP contribution in [0.4, 0.5) is 22.0 Å². The topological polar surface area (TPSA) is 60.2 Å². The van der Waals surface area contributed by atoms with E-state index >= 15 is 0 Å². The van der Waals surface area contributed by atoms with E-state index in [1.807, 2.05) is 0 Å². The number of pyridine rings is 1. The summed E-state index contributed by atoms with van der Waals surface area (Å²) in [6.45, 7) is 2.46. The highest BCUT2D eigenvalue weighted by Crippen LogP contribution is 2.37. The molecule has 0 amide bonds. The maximum atomic E-state index is 14.3. The molecule has 0 aliphatic carbocycles. The third-order valence-electron chi connectivity index (χ3n) is 4.33. The van der Waals surface area contributed by atoms with Crippen LogP contribution in [-0.2, 0) is 6.42 Å². The minimum Gasteiger partial charge on any atom is -0.473 e. The molecule has 1 aliphatic rings. The van der Waals surface area contributed by atoms with E-state index in [0.29, 0.717) is 24.0 Å². The van der Waals surface area contributed by atoms with Gasteiger partial charge in [-0.1, -0.05) is 6.58 Å². The highest BCUT2D eigenvalue weighted by Gasteiger charge is 2.29. The number of alkyl halides is 3. The lowest BCUT2D eigenvalue weighted by Gasteiger charge is -2.28. The maximum Gasteiger partial charge on any atom is 0.401 e. The fourth-order valence-electron chi connectivity index (χ4n) is 3.04. The predicted molar refractivity (Wildman–Crippen MR) is 94.5 cm³/mol. The molecular weight excluding hydrogens is 381 g/mol. The summed E-state index contributed by atoms with van der Waals surface area (Å²) in [5, 5.41) is 2.30. The summed E-state index contributed by atoms with van der Waals surface area (Å²) >= 11 is 0. The molecule has 0 unspecified atom stereocenters. The Morgan fingerprint density at radius 2 is 2.00 bits per heavy atom. The van der Waals surface area contributed by atoms with Gasteiger partial charge in [-0.05, 0) is 36.6 Å². The number of halogens is 5. The Bertz CT molecular complexity index is 898. The SMILES string of the molecule is C=C(N)c1cc(-c2ccc(F)cc2F)c2c(n1)O[C@H](CNCC(F)(F)F)CC2. The fourth-order valence-corrected chi connectivity index (χ4v) is 3.04. The molecule has 2 aromatic rings. The third kappa shape index (κ3) is 4.59. The predicted octanol–water partition coefficient (Wildman–Crippen LogP) is 3.80. The minimum atomic E-state index is -4.32. The molecule has 0 bridgehead atoms. The van der Waals surface area contributed by atoms with Crippen LogP contribution in [0.25, 0.3) is 16.8 Å². The smallest absolute Gasteiger partial charge is 0.401 e. The van der Waals surface area contributed by atoms with Crippen molar-refractivity contribution in [1.29, 1.82) is 0 Å². The summed E-state index contributed by atoms with van der Waals surface area (Å²) in [4.78, 5) is 4.26. The van der Waals surface area contributed by atoms with Gasteiger partial charge in [0.15, 0.2) is 0 Å². The second kappa shape index (κ2) is 7.75. The lowest BCUT2D eigenvalue weighted by molar-refractivity contribution is -0.125. The number of aromatic nitrogens is 1. The molecular formula is C19H18F5N3O. The van der Waals surface area contributed by atoms with Crippen molar-refractivity contribution in [3.8, 4) is 17.0 Å². The lowest BCUT2D eigenvalue weighted by atomic mass is 9.93. The zero-order valence-electron chi connectivity index (χ0n) is 14.7. The minimum absolute atomic E-state index is 0.0192. The summed E-state index contributed by atoms with van der Waals surface area (Å²) in [6, 6.07) is 4.76. The zero-order valence-corrected chi connectivity index (χ0v) is 14.7. The summed E-state index contributed by atoms with van der Waals surface area (Å²) in [7, 11) is 0. The van der Waals surface area contributed by atoms with Crippen molar-refractivity contribution in [2.24, 2.45) is 5.73 Å². The molecule has 1 aromatic heterocycles. The average molecular weight is 399 g/mol. The van der Waals surface area contributed by atoms with E-state index in [0.717, 1.165) is 12.1 Å². The Morgan fingerprint density at radius 3 is 2.64 bits per heavy atom. The number of hydrogen-bond donors (Lipinski definition) is 2. The number of rotatable bonds is 5. The third-order valence-corrected chi connectivity index (χ3v) is 4.33. The van der Waals surface area contributed by atoms with Crippen molar-refractivity contribution in [1.82, 2.24) is 10.3 Å². The van der Waals surface area contributed by atoms with Crippen molar-refractivity contribution in [2.45, 2.75) is 25.1 Å². The van der Waals surface area contributed by atoms with Crippen molar-refractivity contribution >= 4 is 5.70 Å². The van der Waals surface area contributed by atoms with Crippen molar-refractivity contribution in [3.63, 3.8) is 0 Å². The number of hydrogen-bond acceptors (Lipinski definition) is 4. The number of benzene rings is 1. The van der Waals surface area contributed by atoms with Gasteiger partial charge in [0.2, 0.25) is 5.88 Å². The number of fused-ring (bicyclic) bond motifs is 1. The lowest BCUT2D eigenvalue weighted by Crippen LogP contribution is -2.39. The van der Waals surface area contributed by atoms with Gasteiger partial charge >= 0.3 is 6.18 Å². The number of ether oxygens (including phenoxy) is 1. The molecule has 3 N–H and O–H groups in total. The molecule has 1 aliphatic heterocycles. The molecule has 3 rings (SSSR count). The van der Waals surface area contributed by atoms with Gasteiger partial charge in [0.05, 0.1) is 17.9 Å². The second-order valence-electron chi connectivity index (χ2n) is 6.51. The first kappa shape index (κ1) is 20.1. The van der Waals surface area contributed by atoms with E-state index < -0.39 is 30.5 Å². The van der Waals surface area contributed by atoms with Gasteiger partial charge in [-0.15, -0.1) is 0 Å². The van der Waals surface area contributed by atoms with Crippen LogP contribution in [0.1, 0.15) is 17.7 Å². The second-order valence-corrected chi connectivity index (χ2v) is 6.51. The molecule has 0 fully saturated rings. The maximum absolute atomic E-state index is 14.3. The Balaban J connectivity index is 1.92. The van der Waals surface area contributed by atoms with Crippen LogP contribution in [-0.4, -0.2) is 30.4 Å². The van der Waals surface area contributed by atoms with Crippen LogP contribution >= 0.6 is 0 Å². The average Bonchev–Trinajstić information content (AvgIpc) is 2.59. The van der Waals surface area contributed by atoms with Gasteiger partial charge in [0.25, 0.3) is 0 Å². The zero-order chi connectivity index (χ0) is 20.5. The molecule has 0 spiro atoms. The normalized spacial score (nSPS) is 16.4. The van der Waals surface area contributed by atoms with Crippen molar-refractivity contribution in [3.05, 3.63) is 53.7 Å². The van der Waals surface area contributed by atoms with Gasteiger partial charge in [0, 0.05) is 23.7 Å². The Morgan fingerprint density at radius 1 is 1.25 bits per heavy atom. The van der Waals surface area contributed by atoms with Crippen LogP contribution in [0.5, 0.6) is 5.88 Å². The Labute approximate surface area is 158 Å². The van der Waals surface area contributed by atoms with E-state index in [9.17, 15) is 22.0 Å². The molecule has 0 saturated heterocycles. The molecule has 1 aromatic carbocycles. The fraction of sp³-hybridized carbons (Fsp3) is 0.316. The summed E-state index contributed by atoms with van der Waals surface area (Å²) in [6.07, 6.45) is -4.03. The van der Waals surface area contributed by atoms with Crippen LogP contribution < -0.4 is 15.8 Å². The quantitative estimate of drug-likeness (QED) is 0.751. The first-order valence-corrected chi connectivity index (χ1v) is 8.52. The molecule has 1 atom stereocenters. The van der Waals surface area contributed by atoms with Gasteiger partial charge in [-0.3, -0.25) is 0 Å². The van der Waals surface area contributed by atoms with Crippen molar-refractivity contribution < 1.29 is 26.7 Å². The summed E-state index contributed by atoms with van der Waals surface area (Å²) in [5.41, 5.74) is 7.26. The molecule has 28 heavy (non-hydrogen) atoms.